The molecule has 0 aliphatic rings. The van der Waals surface area contributed by atoms with E-state index in [-0.39, 0.29) is 25.4 Å². The van der Waals surface area contributed by atoms with Gasteiger partial charge in [0, 0.05) is 17.8 Å². The van der Waals surface area contributed by atoms with Crippen LogP contribution in [0.1, 0.15) is 29.5 Å². The fourth-order valence-electron chi connectivity index (χ4n) is 2.54. The Morgan fingerprint density at radius 3 is 1.96 bits per heavy atom. The van der Waals surface area contributed by atoms with Crippen molar-refractivity contribution < 1.29 is 19.1 Å². The van der Waals surface area contributed by atoms with Gasteiger partial charge in [-0.25, -0.2) is 0 Å². The van der Waals surface area contributed by atoms with E-state index in [0.717, 1.165) is 16.7 Å². The summed E-state index contributed by atoms with van der Waals surface area (Å²) in [6.07, 6.45) is -0.0973. The molecule has 6 heteroatoms. The predicted molar refractivity (Wildman–Crippen MR) is 105 cm³/mol. The van der Waals surface area contributed by atoms with E-state index < -0.39 is 11.9 Å². The second-order valence-corrected chi connectivity index (χ2v) is 6.50. The summed E-state index contributed by atoms with van der Waals surface area (Å²) in [7, 11) is 0. The van der Waals surface area contributed by atoms with Crippen LogP contribution in [0.5, 0.6) is 0 Å². The highest BCUT2D eigenvalue weighted by Crippen LogP contribution is 2.13. The normalized spacial score (nSPS) is 10.2. The molecule has 0 saturated carbocycles. The van der Waals surface area contributed by atoms with Gasteiger partial charge < -0.3 is 15.4 Å². The van der Waals surface area contributed by atoms with Crippen LogP contribution in [0.3, 0.4) is 0 Å². The van der Waals surface area contributed by atoms with Crippen LogP contribution in [-0.4, -0.2) is 24.4 Å². The highest BCUT2D eigenvalue weighted by molar-refractivity contribution is 5.94. The monoisotopic (exact) mass is 368 g/mol. The Labute approximate surface area is 158 Å². The van der Waals surface area contributed by atoms with E-state index in [1.165, 1.54) is 0 Å². The summed E-state index contributed by atoms with van der Waals surface area (Å²) in [5.41, 5.74) is 4.48. The van der Waals surface area contributed by atoms with Gasteiger partial charge in [-0.15, -0.1) is 0 Å². The molecule has 2 rings (SSSR count). The highest BCUT2D eigenvalue weighted by Gasteiger charge is 2.11. The molecule has 0 atom stereocenters. The second-order valence-electron chi connectivity index (χ2n) is 6.50. The van der Waals surface area contributed by atoms with Gasteiger partial charge >= 0.3 is 5.97 Å². The first-order valence-electron chi connectivity index (χ1n) is 8.72. The van der Waals surface area contributed by atoms with Crippen LogP contribution in [0.25, 0.3) is 0 Å². The molecule has 0 aromatic heterocycles. The van der Waals surface area contributed by atoms with E-state index in [9.17, 15) is 14.4 Å². The van der Waals surface area contributed by atoms with Gasteiger partial charge in [0.15, 0.2) is 6.61 Å². The fourth-order valence-corrected chi connectivity index (χ4v) is 2.54. The van der Waals surface area contributed by atoms with Gasteiger partial charge in [-0.3, -0.25) is 14.4 Å². The number of rotatable bonds is 7. The van der Waals surface area contributed by atoms with Gasteiger partial charge in [-0.05, 0) is 56.2 Å². The quantitative estimate of drug-likeness (QED) is 0.733. The van der Waals surface area contributed by atoms with Gasteiger partial charge in [0.25, 0.3) is 5.91 Å². The van der Waals surface area contributed by atoms with E-state index in [0.29, 0.717) is 11.4 Å². The third kappa shape index (κ3) is 7.32. The van der Waals surface area contributed by atoms with E-state index in [4.69, 9.17) is 4.74 Å². The van der Waals surface area contributed by atoms with Crippen molar-refractivity contribution in [1.29, 1.82) is 0 Å². The van der Waals surface area contributed by atoms with Crippen LogP contribution >= 0.6 is 0 Å². The number of benzene rings is 2. The van der Waals surface area contributed by atoms with Crippen LogP contribution < -0.4 is 10.6 Å². The Bertz CT molecular complexity index is 808. The maximum absolute atomic E-state index is 11.9. The summed E-state index contributed by atoms with van der Waals surface area (Å²) in [5.74, 6) is -1.29. The smallest absolute Gasteiger partial charge is 0.306 e. The molecule has 0 unspecified atom stereocenters. The van der Waals surface area contributed by atoms with Crippen molar-refractivity contribution in [1.82, 2.24) is 0 Å². The van der Waals surface area contributed by atoms with Crippen LogP contribution in [0.2, 0.25) is 0 Å². The third-order valence-electron chi connectivity index (χ3n) is 3.76. The van der Waals surface area contributed by atoms with Crippen molar-refractivity contribution in [2.75, 3.05) is 17.2 Å². The number of carbonyl (C=O) groups is 3. The Morgan fingerprint density at radius 2 is 1.33 bits per heavy atom. The Kier molecular flexibility index (Phi) is 7.11. The lowest BCUT2D eigenvalue weighted by atomic mass is 10.1. The minimum Gasteiger partial charge on any atom is -0.456 e. The van der Waals surface area contributed by atoms with Crippen molar-refractivity contribution in [3.63, 3.8) is 0 Å². The van der Waals surface area contributed by atoms with Gasteiger partial charge in [0.1, 0.15) is 0 Å². The Morgan fingerprint density at radius 1 is 0.741 bits per heavy atom. The lowest BCUT2D eigenvalue weighted by Gasteiger charge is -2.09. The van der Waals surface area contributed by atoms with Crippen LogP contribution in [-0.2, 0) is 19.1 Å². The van der Waals surface area contributed by atoms with Gasteiger partial charge in [0.2, 0.25) is 5.91 Å². The molecular formula is C21H24N2O4. The van der Waals surface area contributed by atoms with Crippen LogP contribution in [0.4, 0.5) is 11.4 Å². The van der Waals surface area contributed by atoms with Gasteiger partial charge in [0.05, 0.1) is 6.42 Å². The summed E-state index contributed by atoms with van der Waals surface area (Å²) in [5, 5.41) is 5.39. The average molecular weight is 368 g/mol. The first kappa shape index (κ1) is 20.2. The number of amides is 2. The summed E-state index contributed by atoms with van der Waals surface area (Å²) in [4.78, 5) is 35.5. The van der Waals surface area contributed by atoms with Gasteiger partial charge in [-0.1, -0.05) is 23.8 Å². The number of anilines is 2. The second kappa shape index (κ2) is 9.52. The molecule has 2 aromatic rings. The molecule has 6 nitrogen and oxygen atoms in total. The number of hydrogen-bond acceptors (Lipinski definition) is 4. The predicted octanol–water partition coefficient (Wildman–Crippen LogP) is 3.51. The van der Waals surface area contributed by atoms with Crippen molar-refractivity contribution in [3.05, 3.63) is 59.2 Å². The number of carbonyl (C=O) groups excluding carboxylic acids is 3. The zero-order valence-electron chi connectivity index (χ0n) is 15.8. The summed E-state index contributed by atoms with van der Waals surface area (Å²) >= 11 is 0. The molecule has 0 radical (unpaired) electrons. The first-order chi connectivity index (χ1) is 12.8. The van der Waals surface area contributed by atoms with Crippen LogP contribution in [0, 0.1) is 20.8 Å². The lowest BCUT2D eigenvalue weighted by Crippen LogP contribution is -2.21. The molecule has 2 aromatic carbocycles. The number of aryl methyl sites for hydroxylation is 3. The molecule has 2 amide bonds. The summed E-state index contributed by atoms with van der Waals surface area (Å²) in [6.45, 7) is 5.44. The molecule has 0 spiro atoms. The van der Waals surface area contributed by atoms with Crippen LogP contribution in [0.15, 0.2) is 42.5 Å². The molecule has 0 aliphatic heterocycles. The SMILES string of the molecule is Cc1ccc(NC(=O)CCC(=O)OCC(=O)Nc2cc(C)cc(C)c2)cc1. The topological polar surface area (TPSA) is 84.5 Å². The standard InChI is InChI=1S/C21H24N2O4/c1-14-4-6-17(7-5-14)22-19(24)8-9-21(26)27-13-20(25)23-18-11-15(2)10-16(3)12-18/h4-7,10-12H,8-9,13H2,1-3H3,(H,22,24)(H,23,25). The van der Waals surface area contributed by atoms with Crippen molar-refractivity contribution >= 4 is 29.2 Å². The minimum atomic E-state index is -0.593. The first-order valence-corrected chi connectivity index (χ1v) is 8.72. The Hall–Kier alpha value is -3.15. The number of ether oxygens (including phenoxy) is 1. The molecule has 142 valence electrons. The summed E-state index contributed by atoms with van der Waals surface area (Å²) < 4.78 is 4.92. The lowest BCUT2D eigenvalue weighted by molar-refractivity contribution is -0.147. The zero-order chi connectivity index (χ0) is 19.8. The average Bonchev–Trinajstić information content (AvgIpc) is 2.59. The molecule has 0 bridgehead atoms. The Balaban J connectivity index is 1.69. The number of hydrogen-bond donors (Lipinski definition) is 2. The zero-order valence-corrected chi connectivity index (χ0v) is 15.8. The number of nitrogens with one attached hydrogen (secondary N) is 2. The maximum atomic E-state index is 11.9. The van der Waals surface area contributed by atoms with Gasteiger partial charge in [-0.2, -0.15) is 0 Å². The molecule has 2 N–H and O–H groups in total. The molecule has 0 aliphatic carbocycles. The summed E-state index contributed by atoms with van der Waals surface area (Å²) in [6, 6.07) is 13.0. The molecule has 0 saturated heterocycles. The molecule has 0 fully saturated rings. The van der Waals surface area contributed by atoms with E-state index in [1.807, 2.05) is 51.1 Å². The number of esters is 1. The van der Waals surface area contributed by atoms with Crippen molar-refractivity contribution in [2.24, 2.45) is 0 Å². The largest absolute Gasteiger partial charge is 0.456 e. The molecule has 27 heavy (non-hydrogen) atoms. The maximum Gasteiger partial charge on any atom is 0.306 e. The van der Waals surface area contributed by atoms with Crippen molar-refractivity contribution in [2.45, 2.75) is 33.6 Å². The van der Waals surface area contributed by atoms with Crippen molar-refractivity contribution in [3.8, 4) is 0 Å². The highest BCUT2D eigenvalue weighted by atomic mass is 16.5. The third-order valence-corrected chi connectivity index (χ3v) is 3.76. The van der Waals surface area contributed by atoms with E-state index in [1.54, 1.807) is 12.1 Å². The minimum absolute atomic E-state index is 0.00853. The molecular weight excluding hydrogens is 344 g/mol. The molecule has 0 heterocycles. The van der Waals surface area contributed by atoms with E-state index >= 15 is 0 Å². The van der Waals surface area contributed by atoms with E-state index in [2.05, 4.69) is 10.6 Å². The fraction of sp³-hybridized carbons (Fsp3) is 0.286.